The van der Waals surface area contributed by atoms with Crippen molar-refractivity contribution < 1.29 is 24.1 Å². The number of β-amino-alcohol motifs (C(OH)–C–C–N with tert-alkyl or cyclic N) is 1. The fourth-order valence-corrected chi connectivity index (χ4v) is 10.4. The Kier molecular flexibility index (Phi) is 16.2. The number of allylic oxidation sites excluding steroid dienone is 1. The van der Waals surface area contributed by atoms with Gasteiger partial charge in [-0.15, -0.1) is 0 Å². The van der Waals surface area contributed by atoms with E-state index in [0.29, 0.717) is 32.2 Å². The van der Waals surface area contributed by atoms with Gasteiger partial charge in [-0.05, 0) is 90.5 Å². The molecule has 3 saturated heterocycles. The lowest BCUT2D eigenvalue weighted by molar-refractivity contribution is -0.194. The molecule has 1 unspecified atom stereocenters. The van der Waals surface area contributed by atoms with E-state index in [1.807, 2.05) is 0 Å². The Morgan fingerprint density at radius 3 is 2.49 bits per heavy atom. The van der Waals surface area contributed by atoms with Gasteiger partial charge in [0.15, 0.2) is 11.7 Å². The second kappa shape index (κ2) is 21.0. The van der Waals surface area contributed by atoms with E-state index in [1.54, 1.807) is 0 Å². The zero-order chi connectivity index (χ0) is 38.5. The summed E-state index contributed by atoms with van der Waals surface area (Å²) in [6, 6.07) is 0.350. The van der Waals surface area contributed by atoms with Gasteiger partial charge in [0.25, 0.3) is 0 Å². The van der Waals surface area contributed by atoms with Crippen LogP contribution in [0.15, 0.2) is 22.1 Å². The molecule has 0 aromatic heterocycles. The van der Waals surface area contributed by atoms with Crippen LogP contribution in [0, 0.1) is 5.92 Å². The highest BCUT2D eigenvalue weighted by Gasteiger charge is 2.62. The molecule has 0 aliphatic carbocycles. The number of carbonyl (C=O) groups excluding carboxylic acids is 1. The number of nitrogens with one attached hydrogen (secondary N) is 1. The fraction of sp³-hybridized carbons (Fsp3) is 0.886. The van der Waals surface area contributed by atoms with Gasteiger partial charge in [0.05, 0.1) is 36.8 Å². The van der Waals surface area contributed by atoms with Crippen LogP contribution in [0.4, 0.5) is 0 Å². The van der Waals surface area contributed by atoms with Crippen molar-refractivity contribution in [1.82, 2.24) is 15.1 Å². The normalized spacial score (nSPS) is 32.2. The van der Waals surface area contributed by atoms with E-state index >= 15 is 0 Å². The maximum atomic E-state index is 14.1. The monoisotopic (exact) mass is 769 g/mol. The number of unbranched alkanes of at least 4 members (excludes halogenated alkanes) is 11. The summed E-state index contributed by atoms with van der Waals surface area (Å²) in [5.74, 6) is 1.55. The van der Waals surface area contributed by atoms with Gasteiger partial charge in [0, 0.05) is 38.5 Å². The molecular weight excluding hydrogens is 693 g/mol. The third kappa shape index (κ3) is 11.3. The minimum absolute atomic E-state index is 0.0426. The molecule has 0 amide bonds. The summed E-state index contributed by atoms with van der Waals surface area (Å²) in [6.45, 7) is 7.92. The van der Waals surface area contributed by atoms with Crippen LogP contribution in [0.25, 0.3) is 0 Å². The van der Waals surface area contributed by atoms with Gasteiger partial charge in [0.1, 0.15) is 11.6 Å². The molecule has 6 heterocycles. The molecule has 0 bridgehead atoms. The van der Waals surface area contributed by atoms with Gasteiger partial charge in [-0.2, -0.15) is 0 Å². The summed E-state index contributed by atoms with van der Waals surface area (Å²) < 4.78 is 19.6. The Labute approximate surface area is 332 Å². The van der Waals surface area contributed by atoms with Crippen LogP contribution in [-0.2, 0) is 19.0 Å². The summed E-state index contributed by atoms with van der Waals surface area (Å²) in [5.41, 5.74) is 4.32. The first-order valence-electron chi connectivity index (χ1n) is 22.9. The summed E-state index contributed by atoms with van der Waals surface area (Å²) in [6.07, 6.45) is 30.4. The molecule has 8 atom stereocenters. The van der Waals surface area contributed by atoms with E-state index < -0.39 is 17.4 Å². The highest BCUT2D eigenvalue weighted by atomic mass is 16.6. The van der Waals surface area contributed by atoms with Crippen molar-refractivity contribution >= 4 is 17.8 Å². The molecule has 11 nitrogen and oxygen atoms in total. The van der Waals surface area contributed by atoms with Gasteiger partial charge < -0.3 is 40.2 Å². The number of guanidine groups is 1. The summed E-state index contributed by atoms with van der Waals surface area (Å²) in [7, 11) is 0. The van der Waals surface area contributed by atoms with Crippen molar-refractivity contribution in [3.8, 4) is 0 Å². The highest BCUT2D eigenvalue weighted by molar-refractivity contribution is 5.87. The predicted molar refractivity (Wildman–Crippen MR) is 220 cm³/mol. The van der Waals surface area contributed by atoms with E-state index in [4.69, 9.17) is 29.9 Å². The second-order valence-electron chi connectivity index (χ2n) is 17.6. The largest absolute Gasteiger partial charge is 0.465 e. The number of aliphatic imine (C=N–C) groups is 2. The Morgan fingerprint density at radius 1 is 1.02 bits per heavy atom. The number of ether oxygens (including phenoxy) is 3. The minimum Gasteiger partial charge on any atom is -0.465 e. The number of rotatable bonds is 21. The molecule has 0 saturated carbocycles. The van der Waals surface area contributed by atoms with E-state index in [0.717, 1.165) is 103 Å². The molecule has 312 valence electrons. The van der Waals surface area contributed by atoms with Gasteiger partial charge in [0.2, 0.25) is 0 Å². The number of nitrogens with zero attached hydrogens (tertiary/aromatic N) is 4. The molecule has 0 aromatic rings. The molecule has 2 spiro atoms. The molecular formula is C44H76N6O5. The number of hydrogen-bond acceptors (Lipinski definition) is 11. The lowest BCUT2D eigenvalue weighted by Gasteiger charge is -2.55. The van der Waals surface area contributed by atoms with E-state index in [2.05, 4.69) is 41.1 Å². The first kappa shape index (κ1) is 42.4. The predicted octanol–water partition coefficient (Wildman–Crippen LogP) is 7.35. The van der Waals surface area contributed by atoms with Crippen LogP contribution in [0.5, 0.6) is 0 Å². The standard InChI is InChI=1S/C44H76N6O5/c1-3-37-21-15-16-26-43(55-37)32-35-23-24-38-40(44(27-18-20-34(2)54-44)48-42(47-43)50(35)38)41(52)53-31-17-13-11-9-7-5-4-6-8-10-12-14-22-39-46-29-19-30-49(39)33-36(51)25-28-45/h15,21,34-38,40,51H,3-14,16-20,22-33,45H2,1-2H3,(H,47,48)/t34-,35+,36?,37+,38-,40-,43-,44-/m1/s1. The van der Waals surface area contributed by atoms with Crippen LogP contribution >= 0.6 is 0 Å². The van der Waals surface area contributed by atoms with E-state index in [9.17, 15) is 9.90 Å². The number of aliphatic hydroxyl groups excluding tert-OH is 1. The van der Waals surface area contributed by atoms with Crippen LogP contribution in [0.1, 0.15) is 168 Å². The number of esters is 1. The maximum Gasteiger partial charge on any atom is 0.316 e. The molecule has 0 aromatic carbocycles. The third-order valence-corrected chi connectivity index (χ3v) is 13.2. The summed E-state index contributed by atoms with van der Waals surface area (Å²) in [5, 5.41) is 14.0. The topological polar surface area (TPSA) is 134 Å². The Hall–Kier alpha value is -2.21. The number of amidine groups is 1. The summed E-state index contributed by atoms with van der Waals surface area (Å²) >= 11 is 0. The van der Waals surface area contributed by atoms with Crippen molar-refractivity contribution in [3.05, 3.63) is 12.2 Å². The molecule has 3 fully saturated rings. The van der Waals surface area contributed by atoms with E-state index in [1.165, 1.54) is 70.0 Å². The molecule has 11 heteroatoms. The second-order valence-corrected chi connectivity index (χ2v) is 17.6. The molecule has 6 aliphatic heterocycles. The minimum atomic E-state index is -0.874. The first-order valence-corrected chi connectivity index (χ1v) is 22.9. The molecule has 6 rings (SSSR count). The SMILES string of the molecule is CC[C@H]1C=CCC[C@]2(C[C@@H]3CC[C@@H]4[C@H](C(=O)OCCCCCCCCCCCCCCC5=NCCCN5CC(O)CCN)[C@]5(CCC[C@@H](C)O5)N=C(N2)N34)O1. The first-order chi connectivity index (χ1) is 26.9. The van der Waals surface area contributed by atoms with Gasteiger partial charge in [-0.3, -0.25) is 9.79 Å². The molecule has 4 N–H and O–H groups in total. The number of aliphatic hydroxyl groups is 1. The summed E-state index contributed by atoms with van der Waals surface area (Å²) in [4.78, 5) is 28.9. The molecule has 55 heavy (non-hydrogen) atoms. The van der Waals surface area contributed by atoms with Crippen LogP contribution in [-0.4, -0.2) is 107 Å². The Balaban J connectivity index is 0.858. The van der Waals surface area contributed by atoms with Gasteiger partial charge in [-0.25, -0.2) is 4.99 Å². The van der Waals surface area contributed by atoms with E-state index in [-0.39, 0.29) is 30.3 Å². The maximum absolute atomic E-state index is 14.1. The third-order valence-electron chi connectivity index (χ3n) is 13.2. The number of hydrogen-bond donors (Lipinski definition) is 3. The number of nitrogens with two attached hydrogens (primary N) is 1. The zero-order valence-corrected chi connectivity index (χ0v) is 34.6. The van der Waals surface area contributed by atoms with Crippen molar-refractivity contribution in [1.29, 1.82) is 0 Å². The van der Waals surface area contributed by atoms with Crippen LogP contribution in [0.2, 0.25) is 0 Å². The lowest BCUT2D eigenvalue weighted by atomic mass is 9.80. The van der Waals surface area contributed by atoms with Gasteiger partial charge >= 0.3 is 5.97 Å². The fourth-order valence-electron chi connectivity index (χ4n) is 10.4. The average Bonchev–Trinajstić information content (AvgIpc) is 3.47. The Morgan fingerprint density at radius 2 is 1.76 bits per heavy atom. The van der Waals surface area contributed by atoms with Crippen molar-refractivity contribution in [3.63, 3.8) is 0 Å². The van der Waals surface area contributed by atoms with Crippen LogP contribution < -0.4 is 11.1 Å². The van der Waals surface area contributed by atoms with Crippen molar-refractivity contribution in [2.75, 3.05) is 32.8 Å². The van der Waals surface area contributed by atoms with Crippen molar-refractivity contribution in [2.24, 2.45) is 21.6 Å². The molecule has 0 radical (unpaired) electrons. The van der Waals surface area contributed by atoms with Crippen LogP contribution in [0.3, 0.4) is 0 Å². The zero-order valence-electron chi connectivity index (χ0n) is 34.6. The lowest BCUT2D eigenvalue weighted by Crippen LogP contribution is -2.71. The number of carbonyl (C=O) groups is 1. The quantitative estimate of drug-likeness (QED) is 0.0623. The van der Waals surface area contributed by atoms with Gasteiger partial charge in [-0.1, -0.05) is 83.3 Å². The smallest absolute Gasteiger partial charge is 0.316 e. The molecule has 6 aliphatic rings. The Bertz CT molecular complexity index is 1290. The highest BCUT2D eigenvalue weighted by Crippen LogP contribution is 2.50. The average molecular weight is 769 g/mol. The van der Waals surface area contributed by atoms with Crippen molar-refractivity contribution in [2.45, 2.75) is 210 Å².